The molecule has 1 unspecified atom stereocenters. The maximum absolute atomic E-state index is 12.0. The molecule has 0 saturated carbocycles. The number of rotatable bonds is 6. The van der Waals surface area contributed by atoms with Crippen LogP contribution in [0.25, 0.3) is 0 Å². The second-order valence-electron chi connectivity index (χ2n) is 5.32. The Bertz CT molecular complexity index is 659. The van der Waals surface area contributed by atoms with Gasteiger partial charge in [-0.2, -0.15) is 0 Å². The van der Waals surface area contributed by atoms with Crippen molar-refractivity contribution >= 4 is 17.5 Å². The Morgan fingerprint density at radius 3 is 2.61 bits per heavy atom. The lowest BCUT2D eigenvalue weighted by atomic mass is 10.1. The second kappa shape index (κ2) is 7.94. The lowest BCUT2D eigenvalue weighted by Gasteiger charge is -2.14. The highest BCUT2D eigenvalue weighted by atomic mass is 35.5. The molecule has 2 N–H and O–H groups in total. The monoisotopic (exact) mass is 334 g/mol. The first kappa shape index (κ1) is 17.2. The molecule has 23 heavy (non-hydrogen) atoms. The van der Waals surface area contributed by atoms with Crippen molar-refractivity contribution in [3.63, 3.8) is 0 Å². The van der Waals surface area contributed by atoms with E-state index in [4.69, 9.17) is 16.3 Å². The number of hydrogen-bond acceptors (Lipinski definition) is 4. The van der Waals surface area contributed by atoms with Gasteiger partial charge in [0.05, 0.1) is 22.8 Å². The molecule has 0 bridgehead atoms. The molecule has 122 valence electrons. The topological polar surface area (TPSA) is 71.5 Å². The van der Waals surface area contributed by atoms with Crippen LogP contribution in [-0.2, 0) is 0 Å². The fourth-order valence-corrected chi connectivity index (χ4v) is 2.21. The van der Waals surface area contributed by atoms with Crippen molar-refractivity contribution in [1.82, 2.24) is 10.3 Å². The van der Waals surface area contributed by atoms with Crippen LogP contribution in [0.3, 0.4) is 0 Å². The van der Waals surface area contributed by atoms with Gasteiger partial charge in [0.2, 0.25) is 0 Å². The summed E-state index contributed by atoms with van der Waals surface area (Å²) in [5.41, 5.74) is 1.02. The van der Waals surface area contributed by atoms with Crippen molar-refractivity contribution in [2.75, 3.05) is 6.54 Å². The summed E-state index contributed by atoms with van der Waals surface area (Å²) < 4.78 is 5.55. The lowest BCUT2D eigenvalue weighted by molar-refractivity contribution is 0.0916. The fourth-order valence-electron chi connectivity index (χ4n) is 2.00. The molecule has 1 aromatic carbocycles. The van der Waals surface area contributed by atoms with Crippen LogP contribution in [0.1, 0.15) is 35.9 Å². The predicted octanol–water partition coefficient (Wildman–Crippen LogP) is 2.99. The number of benzene rings is 1. The summed E-state index contributed by atoms with van der Waals surface area (Å²) in [5.74, 6) is 0.389. The lowest BCUT2D eigenvalue weighted by Crippen LogP contribution is -2.28. The molecule has 5 nitrogen and oxygen atoms in total. The normalized spacial score (nSPS) is 12.0. The van der Waals surface area contributed by atoms with Gasteiger partial charge in [-0.15, -0.1) is 0 Å². The highest BCUT2D eigenvalue weighted by molar-refractivity contribution is 6.33. The number of carbonyl (C=O) groups is 1. The minimum Gasteiger partial charge on any atom is -0.491 e. The van der Waals surface area contributed by atoms with E-state index in [1.54, 1.807) is 24.3 Å². The van der Waals surface area contributed by atoms with Gasteiger partial charge in [-0.25, -0.2) is 0 Å². The van der Waals surface area contributed by atoms with Crippen LogP contribution in [0.15, 0.2) is 42.7 Å². The van der Waals surface area contributed by atoms with E-state index in [2.05, 4.69) is 10.3 Å². The Morgan fingerprint density at radius 1 is 1.30 bits per heavy atom. The number of aromatic nitrogens is 1. The number of nitrogens with one attached hydrogen (secondary N) is 1. The van der Waals surface area contributed by atoms with Crippen molar-refractivity contribution in [3.05, 3.63) is 58.9 Å². The molecule has 0 spiro atoms. The molecule has 0 radical (unpaired) electrons. The highest BCUT2D eigenvalue weighted by Crippen LogP contribution is 2.19. The standard InChI is InChI=1S/C17H19ClN2O3/c1-11(2)23-13-5-3-12(4-6-13)16(21)10-20-17(22)14-7-8-19-9-15(14)18/h3-9,11,16,21H,10H2,1-2H3,(H,20,22). The first-order valence-electron chi connectivity index (χ1n) is 7.29. The summed E-state index contributed by atoms with van der Waals surface area (Å²) >= 11 is 5.91. The zero-order chi connectivity index (χ0) is 16.8. The second-order valence-corrected chi connectivity index (χ2v) is 5.72. The van der Waals surface area contributed by atoms with E-state index in [9.17, 15) is 9.90 Å². The largest absolute Gasteiger partial charge is 0.491 e. The summed E-state index contributed by atoms with van der Waals surface area (Å²) in [6.45, 7) is 3.98. The third-order valence-corrected chi connectivity index (χ3v) is 3.41. The van der Waals surface area contributed by atoms with Gasteiger partial charge in [-0.1, -0.05) is 23.7 Å². The van der Waals surface area contributed by atoms with Crippen LogP contribution in [-0.4, -0.2) is 28.6 Å². The molecule has 0 aliphatic heterocycles. The molecule has 1 amide bonds. The number of aliphatic hydroxyl groups is 1. The van der Waals surface area contributed by atoms with E-state index in [-0.39, 0.29) is 23.6 Å². The number of ether oxygens (including phenoxy) is 1. The third kappa shape index (κ3) is 4.94. The Balaban J connectivity index is 1.93. The van der Waals surface area contributed by atoms with Crippen LogP contribution in [0.4, 0.5) is 0 Å². The molecule has 0 aliphatic carbocycles. The van der Waals surface area contributed by atoms with Crippen molar-refractivity contribution in [2.45, 2.75) is 26.1 Å². The van der Waals surface area contributed by atoms with E-state index in [0.717, 1.165) is 5.75 Å². The molecule has 0 aliphatic rings. The summed E-state index contributed by atoms with van der Waals surface area (Å²) in [6.07, 6.45) is 2.17. The average molecular weight is 335 g/mol. The molecular weight excluding hydrogens is 316 g/mol. The first-order valence-corrected chi connectivity index (χ1v) is 7.67. The van der Waals surface area contributed by atoms with Crippen molar-refractivity contribution < 1.29 is 14.6 Å². The minimum absolute atomic E-state index is 0.0852. The maximum atomic E-state index is 12.0. The van der Waals surface area contributed by atoms with E-state index < -0.39 is 6.10 Å². The quantitative estimate of drug-likeness (QED) is 0.852. The average Bonchev–Trinajstić information content (AvgIpc) is 2.53. The van der Waals surface area contributed by atoms with Crippen molar-refractivity contribution in [1.29, 1.82) is 0 Å². The third-order valence-electron chi connectivity index (χ3n) is 3.11. The van der Waals surface area contributed by atoms with Crippen LogP contribution in [0.5, 0.6) is 5.75 Å². The zero-order valence-corrected chi connectivity index (χ0v) is 13.7. The van der Waals surface area contributed by atoms with Crippen molar-refractivity contribution in [3.8, 4) is 5.75 Å². The Hall–Kier alpha value is -2.11. The molecule has 2 aromatic rings. The van der Waals surface area contributed by atoms with Gasteiger partial charge in [0, 0.05) is 18.9 Å². The number of halogens is 1. The maximum Gasteiger partial charge on any atom is 0.253 e. The molecule has 1 atom stereocenters. The molecule has 6 heteroatoms. The predicted molar refractivity (Wildman–Crippen MR) is 88.7 cm³/mol. The van der Waals surface area contributed by atoms with Gasteiger partial charge in [-0.3, -0.25) is 9.78 Å². The van der Waals surface area contributed by atoms with Gasteiger partial charge in [0.15, 0.2) is 0 Å². The summed E-state index contributed by atoms with van der Waals surface area (Å²) in [6, 6.07) is 8.66. The smallest absolute Gasteiger partial charge is 0.253 e. The van der Waals surface area contributed by atoms with Crippen molar-refractivity contribution in [2.24, 2.45) is 0 Å². The molecular formula is C17H19ClN2O3. The van der Waals surface area contributed by atoms with Crippen LogP contribution >= 0.6 is 11.6 Å². The van der Waals surface area contributed by atoms with Crippen LogP contribution in [0, 0.1) is 0 Å². The van der Waals surface area contributed by atoms with Gasteiger partial charge in [0.1, 0.15) is 5.75 Å². The summed E-state index contributed by atoms with van der Waals surface area (Å²) in [7, 11) is 0. The van der Waals surface area contributed by atoms with Gasteiger partial charge < -0.3 is 15.2 Å². The highest BCUT2D eigenvalue weighted by Gasteiger charge is 2.13. The number of carbonyl (C=O) groups excluding carboxylic acids is 1. The molecule has 1 aromatic heterocycles. The first-order chi connectivity index (χ1) is 11.0. The molecule has 0 saturated heterocycles. The molecule has 0 fully saturated rings. The van der Waals surface area contributed by atoms with E-state index in [1.807, 2.05) is 13.8 Å². The Morgan fingerprint density at radius 2 is 2.00 bits per heavy atom. The van der Waals surface area contributed by atoms with E-state index in [0.29, 0.717) is 11.1 Å². The number of aliphatic hydroxyl groups excluding tert-OH is 1. The molecule has 2 rings (SSSR count). The van der Waals surface area contributed by atoms with Gasteiger partial charge in [0.25, 0.3) is 5.91 Å². The number of pyridine rings is 1. The van der Waals surface area contributed by atoms with Crippen LogP contribution < -0.4 is 10.1 Å². The van der Waals surface area contributed by atoms with Gasteiger partial charge in [-0.05, 0) is 37.6 Å². The van der Waals surface area contributed by atoms with Crippen LogP contribution in [0.2, 0.25) is 5.02 Å². The van der Waals surface area contributed by atoms with Gasteiger partial charge >= 0.3 is 0 Å². The molecule has 1 heterocycles. The number of hydrogen-bond donors (Lipinski definition) is 2. The summed E-state index contributed by atoms with van der Waals surface area (Å²) in [5, 5.41) is 13.1. The Kier molecular flexibility index (Phi) is 5.96. The number of nitrogens with zero attached hydrogens (tertiary/aromatic N) is 1. The fraction of sp³-hybridized carbons (Fsp3) is 0.294. The van der Waals surface area contributed by atoms with E-state index >= 15 is 0 Å². The minimum atomic E-state index is -0.812. The Labute approximate surface area is 140 Å². The zero-order valence-electron chi connectivity index (χ0n) is 13.0. The SMILES string of the molecule is CC(C)Oc1ccc(C(O)CNC(=O)c2ccncc2Cl)cc1. The number of amides is 1. The summed E-state index contributed by atoms with van der Waals surface area (Å²) in [4.78, 5) is 15.8. The van der Waals surface area contributed by atoms with E-state index in [1.165, 1.54) is 18.5 Å².